The molecule has 0 spiro atoms. The Balaban J connectivity index is 2.55. The van der Waals surface area contributed by atoms with Crippen molar-refractivity contribution < 1.29 is 5.02 Å². The minimum atomic E-state index is 1.00. The molecule has 0 saturated heterocycles. The molecule has 4 heavy (non-hydrogen) atoms. The third kappa shape index (κ3) is 1.99. The van der Waals surface area contributed by atoms with E-state index in [1.807, 2.05) is 0 Å². The molecule has 0 rings (SSSR count). The van der Waals surface area contributed by atoms with Gasteiger partial charge in [-0.2, -0.15) is 0 Å². The van der Waals surface area contributed by atoms with Gasteiger partial charge in [0.25, 0.3) is 0 Å². The Hall–Kier alpha value is -0.00519. The summed E-state index contributed by atoms with van der Waals surface area (Å²) in [4.78, 5) is 0. The molecule has 0 aromatic heterocycles. The third-order valence-corrected chi connectivity index (χ3v) is 0.149. The summed E-state index contributed by atoms with van der Waals surface area (Å²) in [6.45, 7) is 1.56. The summed E-state index contributed by atoms with van der Waals surface area (Å²) in [6.07, 6.45) is 0. The van der Waals surface area contributed by atoms with Gasteiger partial charge in [0.15, 0.2) is 0 Å². The molecule has 0 unspecified atom stereocenters. The van der Waals surface area contributed by atoms with Crippen LogP contribution in [0.5, 0.6) is 0 Å². The van der Waals surface area contributed by atoms with Crippen molar-refractivity contribution in [3.8, 4) is 0 Å². The van der Waals surface area contributed by atoms with E-state index >= 15 is 0 Å². The van der Waals surface area contributed by atoms with Crippen molar-refractivity contribution in [2.75, 3.05) is 0 Å². The Labute approximate surface area is 27.6 Å². The molecule has 0 atom stereocenters. The van der Waals surface area contributed by atoms with Gasteiger partial charge in [-0.05, 0) is 0 Å². The molecule has 0 heterocycles. The monoisotopic (exact) mass is 52.0 g/mol. The summed E-state index contributed by atoms with van der Waals surface area (Å²) < 4.78 is 0. The quantitative estimate of drug-likeness (QED) is 0.309. The average molecular weight is 51.5 g/mol. The molecule has 18 valence electrons. The van der Waals surface area contributed by atoms with E-state index in [1.165, 1.54) is 0 Å². The van der Waals surface area contributed by atoms with Crippen LogP contribution in [0.15, 0.2) is 0 Å². The molecule has 1 N–H and O–H groups in total. The molecule has 0 aliphatic carbocycles. The van der Waals surface area contributed by atoms with Gasteiger partial charge in [0.05, 0.1) is 0 Å². The Bertz CT molecular complexity index is 18.5. The molecular formula is H3B3O. The summed E-state index contributed by atoms with van der Waals surface area (Å²) in [5, 5.41) is 7.69. The van der Waals surface area contributed by atoms with Gasteiger partial charge in [0, 0.05) is 0 Å². The number of hydrogen-bond acceptors (Lipinski definition) is 1. The van der Waals surface area contributed by atoms with Crippen LogP contribution in [0, 0.1) is 0 Å². The van der Waals surface area contributed by atoms with E-state index in [-0.39, 0.29) is 0 Å². The van der Waals surface area contributed by atoms with Gasteiger partial charge in [0.1, 0.15) is 0 Å². The summed E-state index contributed by atoms with van der Waals surface area (Å²) >= 11 is 0. The maximum atomic E-state index is 7.69. The van der Waals surface area contributed by atoms with Gasteiger partial charge >= 0.3 is 26.5 Å². The molecule has 0 fully saturated rings. The molecular weight excluding hydrogens is 48.4 g/mol. The molecule has 0 saturated carbocycles. The van der Waals surface area contributed by atoms with E-state index in [9.17, 15) is 0 Å². The SMILES string of the molecule is BB=BO. The van der Waals surface area contributed by atoms with Crippen molar-refractivity contribution in [2.45, 2.75) is 0 Å². The van der Waals surface area contributed by atoms with Crippen LogP contribution in [-0.4, -0.2) is 26.5 Å². The second-order valence-corrected chi connectivity index (χ2v) is 0.482. The van der Waals surface area contributed by atoms with Crippen LogP contribution in [0.3, 0.4) is 0 Å². The first-order valence-corrected chi connectivity index (χ1v) is 1.17. The van der Waals surface area contributed by atoms with Crippen molar-refractivity contribution in [1.82, 2.24) is 0 Å². The fraction of sp³-hybridized carbons (Fsp3) is 0. The minimum absolute atomic E-state index is 1.00. The first-order valence-electron chi connectivity index (χ1n) is 1.17. The average Bonchev–Trinajstić information content (AvgIpc) is 1.37. The molecule has 0 aliphatic heterocycles. The van der Waals surface area contributed by atoms with Crippen LogP contribution < -0.4 is 0 Å². The summed E-state index contributed by atoms with van der Waals surface area (Å²) in [7, 11) is 2.75. The van der Waals surface area contributed by atoms with Crippen LogP contribution >= 0.6 is 0 Å². The molecule has 0 bridgehead atoms. The van der Waals surface area contributed by atoms with Crippen molar-refractivity contribution in [1.29, 1.82) is 0 Å². The second-order valence-electron chi connectivity index (χ2n) is 0.482. The normalized spacial score (nSPS) is 5.00. The zero-order chi connectivity index (χ0) is 3.41. The molecule has 0 amide bonds. The zero-order valence-electron chi connectivity index (χ0n) is 2.60. The zero-order valence-corrected chi connectivity index (χ0v) is 2.60. The Morgan fingerprint density at radius 1 is 1.75 bits per heavy atom. The van der Waals surface area contributed by atoms with Crippen molar-refractivity contribution >= 4 is 21.4 Å². The van der Waals surface area contributed by atoms with Gasteiger partial charge in [-0.1, -0.05) is 0 Å². The van der Waals surface area contributed by atoms with Crippen molar-refractivity contribution in [3.63, 3.8) is 0 Å². The Morgan fingerprint density at radius 3 is 2.00 bits per heavy atom. The summed E-state index contributed by atoms with van der Waals surface area (Å²) in [5.74, 6) is 0. The molecule has 0 aromatic carbocycles. The first kappa shape index (κ1) is 3.99. The Morgan fingerprint density at radius 2 is 2.00 bits per heavy atom. The van der Waals surface area contributed by atoms with Gasteiger partial charge in [0.2, 0.25) is 0 Å². The molecule has 0 aliphatic rings. The third-order valence-electron chi connectivity index (χ3n) is 0.149. The molecule has 0 aromatic rings. The van der Waals surface area contributed by atoms with E-state index < -0.39 is 0 Å². The maximum absolute atomic E-state index is 7.69. The van der Waals surface area contributed by atoms with E-state index in [2.05, 4.69) is 0 Å². The predicted octanol–water partition coefficient (Wildman–Crippen LogP) is -2.23. The molecule has 4 heteroatoms. The summed E-state index contributed by atoms with van der Waals surface area (Å²) in [5.41, 5.74) is 0. The van der Waals surface area contributed by atoms with Gasteiger partial charge in [-0.25, -0.2) is 0 Å². The van der Waals surface area contributed by atoms with Crippen LogP contribution in [0.1, 0.15) is 0 Å². The van der Waals surface area contributed by atoms with Crippen molar-refractivity contribution in [2.24, 2.45) is 0 Å². The van der Waals surface area contributed by atoms with Gasteiger partial charge in [-0.3, -0.25) is 0 Å². The fourth-order valence-corrected chi connectivity index (χ4v) is 0. The fourth-order valence-electron chi connectivity index (χ4n) is 0. The molecule has 0 radical (unpaired) electrons. The van der Waals surface area contributed by atoms with E-state index in [4.69, 9.17) is 5.02 Å². The van der Waals surface area contributed by atoms with E-state index in [0.717, 1.165) is 7.00 Å². The first-order chi connectivity index (χ1) is 1.91. The van der Waals surface area contributed by atoms with E-state index in [1.54, 1.807) is 14.4 Å². The van der Waals surface area contributed by atoms with Crippen LogP contribution in [0.2, 0.25) is 0 Å². The van der Waals surface area contributed by atoms with Crippen LogP contribution in [0.25, 0.3) is 0 Å². The van der Waals surface area contributed by atoms with Crippen LogP contribution in [-0.2, 0) is 0 Å². The predicted molar refractivity (Wildman–Crippen MR) is 22.3 cm³/mol. The number of hydrogen-bond donors (Lipinski definition) is 1. The standard InChI is InChI=1S/B3H3O/c1-2-3-4/h4H,1H2. The summed E-state index contributed by atoms with van der Waals surface area (Å²) in [6, 6.07) is 0. The van der Waals surface area contributed by atoms with Crippen LogP contribution in [0.4, 0.5) is 0 Å². The second kappa shape index (κ2) is 2.99. The number of rotatable bonds is 0. The Kier molecular flexibility index (Phi) is 2.99. The van der Waals surface area contributed by atoms with E-state index in [0.29, 0.717) is 0 Å². The van der Waals surface area contributed by atoms with Gasteiger partial charge in [-0.15, -0.1) is 0 Å². The molecule has 1 nitrogen and oxygen atoms in total. The van der Waals surface area contributed by atoms with Crippen molar-refractivity contribution in [3.05, 3.63) is 0 Å². The topological polar surface area (TPSA) is 20.2 Å². The van der Waals surface area contributed by atoms with Gasteiger partial charge < -0.3 is 0 Å².